The maximum Gasteiger partial charge on any atom is 0.0499 e. The van der Waals surface area contributed by atoms with Crippen LogP contribution in [0, 0.1) is 0 Å². The highest BCUT2D eigenvalue weighted by atomic mass is 15.1. The number of H-pyrrole nitrogens is 1. The van der Waals surface area contributed by atoms with Gasteiger partial charge in [0.15, 0.2) is 0 Å². The predicted octanol–water partition coefficient (Wildman–Crippen LogP) is 5.10. The molecule has 0 amide bonds. The summed E-state index contributed by atoms with van der Waals surface area (Å²) in [6.07, 6.45) is 2.01. The number of hydrogen-bond donors (Lipinski definition) is 1. The normalized spacial score (nSPS) is 12.2. The smallest absolute Gasteiger partial charge is 0.0499 e. The number of aromatic amines is 1. The van der Waals surface area contributed by atoms with Crippen LogP contribution in [0.4, 0.5) is 0 Å². The molecule has 0 aliphatic carbocycles. The van der Waals surface area contributed by atoms with E-state index in [4.69, 9.17) is 0 Å². The molecular weight excluding hydrogens is 280 g/mol. The Morgan fingerprint density at radius 2 is 1.65 bits per heavy atom. The quantitative estimate of drug-likeness (QED) is 0.710. The van der Waals surface area contributed by atoms with Gasteiger partial charge in [0.1, 0.15) is 0 Å². The van der Waals surface area contributed by atoms with Crippen LogP contribution in [-0.2, 0) is 18.5 Å². The molecule has 0 saturated heterocycles. The lowest BCUT2D eigenvalue weighted by molar-refractivity contribution is 0.320. The van der Waals surface area contributed by atoms with E-state index in [9.17, 15) is 0 Å². The number of nitrogens with zero attached hydrogens (tertiary/aromatic N) is 1. The molecule has 0 unspecified atom stereocenters. The highest BCUT2D eigenvalue weighted by Crippen LogP contribution is 2.23. The van der Waals surface area contributed by atoms with Crippen molar-refractivity contribution < 1.29 is 0 Å². The van der Waals surface area contributed by atoms with Crippen molar-refractivity contribution in [2.24, 2.45) is 0 Å². The Morgan fingerprint density at radius 1 is 0.913 bits per heavy atom. The van der Waals surface area contributed by atoms with Crippen molar-refractivity contribution in [3.8, 4) is 0 Å². The van der Waals surface area contributed by atoms with Crippen LogP contribution < -0.4 is 0 Å². The van der Waals surface area contributed by atoms with Gasteiger partial charge in [-0.1, -0.05) is 63.2 Å². The molecule has 2 heteroatoms. The van der Waals surface area contributed by atoms with E-state index in [1.54, 1.807) is 0 Å². The first kappa shape index (κ1) is 15.8. The molecule has 2 nitrogen and oxygen atoms in total. The predicted molar refractivity (Wildman–Crippen MR) is 98.6 cm³/mol. The molecule has 1 heterocycles. The van der Waals surface area contributed by atoms with Gasteiger partial charge >= 0.3 is 0 Å². The molecule has 2 aromatic carbocycles. The van der Waals surface area contributed by atoms with Gasteiger partial charge in [-0.15, -0.1) is 0 Å². The van der Waals surface area contributed by atoms with E-state index < -0.39 is 0 Å². The summed E-state index contributed by atoms with van der Waals surface area (Å²) in [6.45, 7) is 8.67. The maximum absolute atomic E-state index is 3.35. The number of aromatic nitrogens is 1. The van der Waals surface area contributed by atoms with Crippen LogP contribution in [0.25, 0.3) is 10.9 Å². The molecule has 0 aliphatic heterocycles. The molecule has 23 heavy (non-hydrogen) atoms. The lowest BCUT2D eigenvalue weighted by atomic mass is 9.87. The Morgan fingerprint density at radius 3 is 2.35 bits per heavy atom. The van der Waals surface area contributed by atoms with Gasteiger partial charge in [0, 0.05) is 24.8 Å². The van der Waals surface area contributed by atoms with Crippen molar-refractivity contribution in [1.82, 2.24) is 9.88 Å². The number of benzene rings is 2. The molecule has 120 valence electrons. The fraction of sp³-hybridized carbons (Fsp3) is 0.333. The van der Waals surface area contributed by atoms with Gasteiger partial charge in [0.2, 0.25) is 0 Å². The number of rotatable bonds is 4. The van der Waals surface area contributed by atoms with E-state index in [0.717, 1.165) is 13.1 Å². The third-order valence-electron chi connectivity index (χ3n) is 4.39. The van der Waals surface area contributed by atoms with Crippen molar-refractivity contribution >= 4 is 10.9 Å². The Hall–Kier alpha value is -2.06. The summed E-state index contributed by atoms with van der Waals surface area (Å²) in [5, 5.41) is 1.28. The minimum absolute atomic E-state index is 0.216. The van der Waals surface area contributed by atoms with E-state index in [1.165, 1.54) is 27.6 Å². The van der Waals surface area contributed by atoms with E-state index in [1.807, 2.05) is 6.20 Å². The summed E-state index contributed by atoms with van der Waals surface area (Å²) >= 11 is 0. The molecule has 0 bridgehead atoms. The molecule has 3 aromatic rings. The summed E-state index contributed by atoms with van der Waals surface area (Å²) in [4.78, 5) is 5.72. The van der Waals surface area contributed by atoms with Crippen LogP contribution in [0.3, 0.4) is 0 Å². The molecule has 0 aliphatic rings. The summed E-state index contributed by atoms with van der Waals surface area (Å²) in [5.41, 5.74) is 5.57. The van der Waals surface area contributed by atoms with Crippen LogP contribution in [-0.4, -0.2) is 16.9 Å². The van der Waals surface area contributed by atoms with Crippen LogP contribution in [0.2, 0.25) is 0 Å². The van der Waals surface area contributed by atoms with Crippen LogP contribution in [0.15, 0.2) is 54.7 Å². The second-order valence-corrected chi connectivity index (χ2v) is 7.48. The van der Waals surface area contributed by atoms with E-state index in [-0.39, 0.29) is 5.41 Å². The molecule has 0 atom stereocenters. The average molecular weight is 306 g/mol. The average Bonchev–Trinajstić information content (AvgIpc) is 2.96. The molecular formula is C21H26N2. The van der Waals surface area contributed by atoms with Gasteiger partial charge in [0.25, 0.3) is 0 Å². The molecule has 1 N–H and O–H groups in total. The zero-order valence-corrected chi connectivity index (χ0v) is 14.6. The molecule has 1 aromatic heterocycles. The van der Waals surface area contributed by atoms with Crippen LogP contribution >= 0.6 is 0 Å². The number of hydrogen-bond acceptors (Lipinski definition) is 1. The maximum atomic E-state index is 3.35. The third kappa shape index (κ3) is 3.65. The summed E-state index contributed by atoms with van der Waals surface area (Å²) < 4.78 is 0. The first-order chi connectivity index (χ1) is 10.9. The lowest BCUT2D eigenvalue weighted by Crippen LogP contribution is -2.18. The first-order valence-corrected chi connectivity index (χ1v) is 8.26. The Bertz CT molecular complexity index is 775. The van der Waals surface area contributed by atoms with Crippen molar-refractivity contribution in [2.45, 2.75) is 39.3 Å². The van der Waals surface area contributed by atoms with E-state index >= 15 is 0 Å². The number of para-hydroxylation sites is 1. The zero-order chi connectivity index (χ0) is 16.4. The molecule has 3 rings (SSSR count). The standard InChI is InChI=1S/C21H26N2/c1-21(2,3)19-10-8-16(9-11-19)14-23(4)15-18-7-5-6-17-12-13-22-20(17)18/h5-13,22H,14-15H2,1-4H3. The molecule has 0 saturated carbocycles. The van der Waals surface area contributed by atoms with Crippen LogP contribution in [0.5, 0.6) is 0 Å². The van der Waals surface area contributed by atoms with Gasteiger partial charge in [-0.3, -0.25) is 4.90 Å². The number of nitrogens with one attached hydrogen (secondary N) is 1. The van der Waals surface area contributed by atoms with Gasteiger partial charge in [-0.2, -0.15) is 0 Å². The minimum Gasteiger partial charge on any atom is -0.361 e. The van der Waals surface area contributed by atoms with E-state index in [0.29, 0.717) is 0 Å². The highest BCUT2D eigenvalue weighted by molar-refractivity contribution is 5.82. The van der Waals surface area contributed by atoms with Crippen LogP contribution in [0.1, 0.15) is 37.5 Å². The SMILES string of the molecule is CN(Cc1ccc(C(C)(C)C)cc1)Cc1cccc2cc[nH]c12. The summed E-state index contributed by atoms with van der Waals surface area (Å²) in [6, 6.07) is 17.7. The van der Waals surface area contributed by atoms with E-state index in [2.05, 4.69) is 86.2 Å². The fourth-order valence-electron chi connectivity index (χ4n) is 3.05. The van der Waals surface area contributed by atoms with Crippen molar-refractivity contribution in [3.63, 3.8) is 0 Å². The largest absolute Gasteiger partial charge is 0.361 e. The second-order valence-electron chi connectivity index (χ2n) is 7.48. The number of fused-ring (bicyclic) bond motifs is 1. The first-order valence-electron chi connectivity index (χ1n) is 8.26. The van der Waals surface area contributed by atoms with Gasteiger partial charge in [-0.25, -0.2) is 0 Å². The van der Waals surface area contributed by atoms with Crippen molar-refractivity contribution in [3.05, 3.63) is 71.4 Å². The van der Waals surface area contributed by atoms with Gasteiger partial charge < -0.3 is 4.98 Å². The minimum atomic E-state index is 0.216. The monoisotopic (exact) mass is 306 g/mol. The second kappa shape index (κ2) is 6.21. The third-order valence-corrected chi connectivity index (χ3v) is 4.39. The molecule has 0 spiro atoms. The summed E-state index contributed by atoms with van der Waals surface area (Å²) in [7, 11) is 2.18. The fourth-order valence-corrected chi connectivity index (χ4v) is 3.05. The summed E-state index contributed by atoms with van der Waals surface area (Å²) in [5.74, 6) is 0. The Labute approximate surface area is 139 Å². The zero-order valence-electron chi connectivity index (χ0n) is 14.6. The Kier molecular flexibility index (Phi) is 4.27. The van der Waals surface area contributed by atoms with Crippen molar-refractivity contribution in [2.75, 3.05) is 7.05 Å². The highest BCUT2D eigenvalue weighted by Gasteiger charge is 2.13. The lowest BCUT2D eigenvalue weighted by Gasteiger charge is -2.21. The van der Waals surface area contributed by atoms with Crippen molar-refractivity contribution in [1.29, 1.82) is 0 Å². The Balaban J connectivity index is 1.70. The molecule has 0 radical (unpaired) electrons. The van der Waals surface area contributed by atoms with Gasteiger partial charge in [-0.05, 0) is 40.6 Å². The van der Waals surface area contributed by atoms with Gasteiger partial charge in [0.05, 0.1) is 0 Å². The topological polar surface area (TPSA) is 19.0 Å². The molecule has 0 fully saturated rings.